The lowest BCUT2D eigenvalue weighted by Crippen LogP contribution is -2.45. The molecule has 0 fully saturated rings. The maximum Gasteiger partial charge on any atom is 0.305 e. The molecule has 0 saturated heterocycles. The minimum atomic E-state index is -0.841. The van der Waals surface area contributed by atoms with E-state index in [4.69, 9.17) is 4.74 Å². The van der Waals surface area contributed by atoms with Gasteiger partial charge in [0.25, 0.3) is 0 Å². The second kappa shape index (κ2) is 67.1. The van der Waals surface area contributed by atoms with Gasteiger partial charge in [0.1, 0.15) is 0 Å². The monoisotopic (exact) mass is 1090 g/mol. The number of hydrogen-bond acceptors (Lipinski definition) is 5. The highest BCUT2D eigenvalue weighted by atomic mass is 16.5. The van der Waals surface area contributed by atoms with Crippen LogP contribution < -0.4 is 5.32 Å². The average molecular weight is 1090 g/mol. The van der Waals surface area contributed by atoms with Crippen molar-refractivity contribution in [1.29, 1.82) is 0 Å². The van der Waals surface area contributed by atoms with Crippen LogP contribution in [0.1, 0.15) is 406 Å². The number of carbonyl (C=O) groups is 2. The van der Waals surface area contributed by atoms with Crippen LogP contribution in [0.2, 0.25) is 0 Å². The van der Waals surface area contributed by atoms with Gasteiger partial charge in [-0.15, -0.1) is 0 Å². The van der Waals surface area contributed by atoms with Crippen LogP contribution in [0.5, 0.6) is 0 Å². The largest absolute Gasteiger partial charge is 0.466 e. The van der Waals surface area contributed by atoms with Gasteiger partial charge in [0.05, 0.1) is 25.4 Å². The molecule has 0 aromatic carbocycles. The smallest absolute Gasteiger partial charge is 0.305 e. The van der Waals surface area contributed by atoms with E-state index in [1.54, 1.807) is 6.08 Å². The van der Waals surface area contributed by atoms with Crippen LogP contribution in [0.25, 0.3) is 0 Å². The lowest BCUT2D eigenvalue weighted by molar-refractivity contribution is -0.143. The summed E-state index contributed by atoms with van der Waals surface area (Å²) in [7, 11) is 0. The Morgan fingerprint density at radius 1 is 0.351 bits per heavy atom. The first kappa shape index (κ1) is 75.6. The fraction of sp³-hybridized carbons (Fsp3) is 0.944. The molecule has 0 aliphatic rings. The van der Waals surface area contributed by atoms with Gasteiger partial charge in [-0.1, -0.05) is 373 Å². The number of carbonyl (C=O) groups excluding carboxylic acids is 2. The molecule has 6 heteroatoms. The van der Waals surface area contributed by atoms with Gasteiger partial charge in [-0.2, -0.15) is 0 Å². The zero-order chi connectivity index (χ0) is 55.7. The fourth-order valence-electron chi connectivity index (χ4n) is 11.4. The number of ether oxygens (including phenoxy) is 1. The van der Waals surface area contributed by atoms with Gasteiger partial charge in [0.2, 0.25) is 5.91 Å². The standard InChI is InChI=1S/C71H139NO5/c1-3-5-7-9-11-13-15-16-17-34-37-40-44-47-51-55-59-63-69(74)68(67-73)72-70(75)64-60-56-52-48-45-41-38-35-32-30-28-26-24-22-20-18-19-21-23-25-27-29-31-33-36-39-42-46-50-54-58-62-66-77-71(76)65-61-57-53-49-43-14-12-10-8-6-4-2/h59,63,68-69,73-74H,3-58,60-62,64-67H2,1-2H3,(H,72,75)/b63-59+. The number of aliphatic hydroxyl groups is 2. The fourth-order valence-corrected chi connectivity index (χ4v) is 11.4. The predicted molar refractivity (Wildman–Crippen MR) is 338 cm³/mol. The Hall–Kier alpha value is -1.40. The van der Waals surface area contributed by atoms with E-state index < -0.39 is 12.1 Å². The summed E-state index contributed by atoms with van der Waals surface area (Å²) in [4.78, 5) is 24.5. The van der Waals surface area contributed by atoms with Crippen molar-refractivity contribution in [2.75, 3.05) is 13.2 Å². The summed E-state index contributed by atoms with van der Waals surface area (Å²) in [5, 5.41) is 23.2. The molecule has 0 aliphatic carbocycles. The Balaban J connectivity index is 3.34. The molecule has 0 spiro atoms. The van der Waals surface area contributed by atoms with E-state index in [2.05, 4.69) is 19.2 Å². The summed E-state index contributed by atoms with van der Waals surface area (Å²) < 4.78 is 5.48. The predicted octanol–water partition coefficient (Wildman–Crippen LogP) is 22.8. The molecule has 458 valence electrons. The number of unbranched alkanes of at least 4 members (excludes halogenated alkanes) is 56. The van der Waals surface area contributed by atoms with Gasteiger partial charge in [-0.3, -0.25) is 9.59 Å². The highest BCUT2D eigenvalue weighted by molar-refractivity contribution is 5.76. The maximum atomic E-state index is 12.5. The van der Waals surface area contributed by atoms with Crippen molar-refractivity contribution >= 4 is 11.9 Å². The summed E-state index contributed by atoms with van der Waals surface area (Å²) >= 11 is 0. The number of rotatable bonds is 67. The normalized spacial score (nSPS) is 12.5. The van der Waals surface area contributed by atoms with Crippen molar-refractivity contribution < 1.29 is 24.5 Å². The van der Waals surface area contributed by atoms with Crippen LogP contribution in [-0.4, -0.2) is 47.4 Å². The molecule has 0 aliphatic heterocycles. The zero-order valence-corrected chi connectivity index (χ0v) is 52.5. The van der Waals surface area contributed by atoms with Crippen LogP contribution in [-0.2, 0) is 14.3 Å². The van der Waals surface area contributed by atoms with E-state index in [9.17, 15) is 19.8 Å². The Kier molecular flexibility index (Phi) is 65.9. The molecular weight excluding hydrogens is 947 g/mol. The maximum absolute atomic E-state index is 12.5. The van der Waals surface area contributed by atoms with Gasteiger partial charge < -0.3 is 20.3 Å². The summed E-state index contributed by atoms with van der Waals surface area (Å²) in [6.07, 6.45) is 83.0. The number of esters is 1. The van der Waals surface area contributed by atoms with E-state index >= 15 is 0 Å². The van der Waals surface area contributed by atoms with E-state index in [1.807, 2.05) is 6.08 Å². The van der Waals surface area contributed by atoms with Gasteiger partial charge in [-0.25, -0.2) is 0 Å². The first-order chi connectivity index (χ1) is 38.0. The quantitative estimate of drug-likeness (QED) is 0.0320. The molecule has 0 aromatic rings. The van der Waals surface area contributed by atoms with E-state index in [1.165, 1.54) is 340 Å². The van der Waals surface area contributed by atoms with Crippen LogP contribution in [0.4, 0.5) is 0 Å². The Morgan fingerprint density at radius 3 is 0.883 bits per heavy atom. The Labute approximate surface area is 482 Å². The van der Waals surface area contributed by atoms with E-state index in [0.717, 1.165) is 38.5 Å². The molecule has 0 radical (unpaired) electrons. The van der Waals surface area contributed by atoms with Crippen molar-refractivity contribution in [3.05, 3.63) is 12.2 Å². The van der Waals surface area contributed by atoms with Gasteiger partial charge in [0, 0.05) is 12.8 Å². The molecule has 0 rings (SSSR count). The summed E-state index contributed by atoms with van der Waals surface area (Å²) in [6, 6.07) is -0.624. The molecule has 2 atom stereocenters. The van der Waals surface area contributed by atoms with Crippen LogP contribution >= 0.6 is 0 Å². The minimum Gasteiger partial charge on any atom is -0.466 e. The highest BCUT2D eigenvalue weighted by Crippen LogP contribution is 2.19. The van der Waals surface area contributed by atoms with Crippen molar-refractivity contribution in [3.63, 3.8) is 0 Å². The number of allylic oxidation sites excluding steroid dienone is 1. The summed E-state index contributed by atoms with van der Waals surface area (Å²) in [5.41, 5.74) is 0. The second-order valence-electron chi connectivity index (χ2n) is 24.6. The minimum absolute atomic E-state index is 0.0214. The Bertz CT molecular complexity index is 1160. The molecule has 6 nitrogen and oxygen atoms in total. The average Bonchev–Trinajstić information content (AvgIpc) is 3.43. The van der Waals surface area contributed by atoms with E-state index in [-0.39, 0.29) is 18.5 Å². The first-order valence-electron chi connectivity index (χ1n) is 35.5. The van der Waals surface area contributed by atoms with Gasteiger partial charge in [0.15, 0.2) is 0 Å². The van der Waals surface area contributed by atoms with Crippen molar-refractivity contribution in [2.24, 2.45) is 0 Å². The van der Waals surface area contributed by atoms with E-state index in [0.29, 0.717) is 19.4 Å². The summed E-state index contributed by atoms with van der Waals surface area (Å²) in [6.45, 7) is 4.94. The molecule has 0 bridgehead atoms. The number of aliphatic hydroxyl groups excluding tert-OH is 2. The third kappa shape index (κ3) is 63.6. The topological polar surface area (TPSA) is 95.9 Å². The summed E-state index contributed by atoms with van der Waals surface area (Å²) in [5.74, 6) is -0.0384. The van der Waals surface area contributed by atoms with Gasteiger partial charge in [-0.05, 0) is 32.1 Å². The molecule has 77 heavy (non-hydrogen) atoms. The van der Waals surface area contributed by atoms with Crippen molar-refractivity contribution in [3.8, 4) is 0 Å². The highest BCUT2D eigenvalue weighted by Gasteiger charge is 2.18. The molecule has 0 aromatic heterocycles. The SMILES string of the molecule is CCCCCCCCCCCCCCCCC/C=C/C(O)C(CO)NC(=O)CCCCCCCCCCCCCCCCCCCCCCCCCCCCCCCCCCOC(=O)CCCCCCCCCCCCC. The van der Waals surface area contributed by atoms with Crippen molar-refractivity contribution in [1.82, 2.24) is 5.32 Å². The van der Waals surface area contributed by atoms with Crippen LogP contribution in [0.15, 0.2) is 12.2 Å². The molecule has 0 saturated carbocycles. The number of hydrogen-bond donors (Lipinski definition) is 3. The molecule has 1 amide bonds. The van der Waals surface area contributed by atoms with Crippen LogP contribution in [0.3, 0.4) is 0 Å². The molecule has 3 N–H and O–H groups in total. The number of nitrogens with one attached hydrogen (secondary N) is 1. The van der Waals surface area contributed by atoms with Gasteiger partial charge >= 0.3 is 5.97 Å². The number of amides is 1. The lowest BCUT2D eigenvalue weighted by Gasteiger charge is -2.20. The third-order valence-electron chi connectivity index (χ3n) is 16.8. The second-order valence-corrected chi connectivity index (χ2v) is 24.6. The Morgan fingerprint density at radius 2 is 0.597 bits per heavy atom. The lowest BCUT2D eigenvalue weighted by atomic mass is 10.0. The zero-order valence-electron chi connectivity index (χ0n) is 52.5. The van der Waals surface area contributed by atoms with Crippen LogP contribution in [0, 0.1) is 0 Å². The third-order valence-corrected chi connectivity index (χ3v) is 16.8. The van der Waals surface area contributed by atoms with Crippen molar-refractivity contribution in [2.45, 2.75) is 418 Å². The molecule has 2 unspecified atom stereocenters. The first-order valence-corrected chi connectivity index (χ1v) is 35.5. The molecular formula is C71H139NO5. The molecule has 0 heterocycles.